The Labute approximate surface area is 157 Å². The molecule has 2 N–H and O–H groups in total. The third kappa shape index (κ3) is 17.4. The topological polar surface area (TPSA) is 110 Å². The Hall–Kier alpha value is -1.41. The highest BCUT2D eigenvalue weighted by Crippen LogP contribution is 2.11. The first-order valence-corrected chi connectivity index (χ1v) is 10.9. The summed E-state index contributed by atoms with van der Waals surface area (Å²) in [6.07, 6.45) is 15.2. The van der Waals surface area contributed by atoms with E-state index in [0.29, 0.717) is 18.6 Å². The molecule has 0 radical (unpaired) electrons. The molecule has 0 aliphatic rings. The van der Waals surface area contributed by atoms with Crippen molar-refractivity contribution in [3.8, 4) is 0 Å². The number of unbranched alkanes of at least 4 members (excludes halogenated alkanes) is 11. The zero-order chi connectivity index (χ0) is 19.7. The van der Waals surface area contributed by atoms with Gasteiger partial charge >= 0.3 is 22.2 Å². The van der Waals surface area contributed by atoms with Gasteiger partial charge in [0.05, 0.1) is 0 Å². The number of carbonyl (C=O) groups is 2. The molecule has 0 bridgehead atoms. The Morgan fingerprint density at radius 3 is 1.77 bits per heavy atom. The van der Waals surface area contributed by atoms with Crippen LogP contribution in [0.5, 0.6) is 0 Å². The van der Waals surface area contributed by atoms with Crippen molar-refractivity contribution in [3.05, 3.63) is 12.2 Å². The van der Waals surface area contributed by atoms with Crippen LogP contribution in [0, 0.1) is 0 Å². The van der Waals surface area contributed by atoms with Gasteiger partial charge in [0.1, 0.15) is 0 Å². The fraction of sp³-hybridized carbons (Fsp3) is 0.778. The normalized spacial score (nSPS) is 11.7. The van der Waals surface area contributed by atoms with Crippen molar-refractivity contribution in [3.63, 3.8) is 0 Å². The number of carboxylic acid groups (broad SMARTS) is 1. The van der Waals surface area contributed by atoms with Crippen LogP contribution in [-0.4, -0.2) is 32.0 Å². The number of carbonyl (C=O) groups excluding carboxylic acids is 1. The summed E-state index contributed by atoms with van der Waals surface area (Å²) in [5, 5.41) is 8.34. The van der Waals surface area contributed by atoms with Gasteiger partial charge in [-0.15, -0.1) is 0 Å². The zero-order valence-corrected chi connectivity index (χ0v) is 16.6. The first-order valence-electron chi connectivity index (χ1n) is 9.51. The molecule has 0 aromatic rings. The molecule has 0 aliphatic carbocycles. The second kappa shape index (κ2) is 15.8. The molecule has 152 valence electrons. The summed E-state index contributed by atoms with van der Waals surface area (Å²) in [6.45, 7) is 2.41. The van der Waals surface area contributed by atoms with Crippen LogP contribution >= 0.6 is 0 Å². The molecule has 0 saturated heterocycles. The third-order valence-electron chi connectivity index (χ3n) is 3.86. The van der Waals surface area contributed by atoms with Crippen LogP contribution in [0.1, 0.15) is 84.0 Å². The van der Waals surface area contributed by atoms with Crippen LogP contribution in [0.25, 0.3) is 0 Å². The van der Waals surface area contributed by atoms with Crippen molar-refractivity contribution in [2.75, 3.05) is 6.54 Å². The Balaban J connectivity index is 3.53. The van der Waals surface area contributed by atoms with Gasteiger partial charge in [0.25, 0.3) is 0 Å². The summed E-state index contributed by atoms with van der Waals surface area (Å²) >= 11 is 0. The lowest BCUT2D eigenvalue weighted by Gasteiger charge is -2.05. The molecule has 26 heavy (non-hydrogen) atoms. The minimum absolute atomic E-state index is 0.190. The minimum atomic E-state index is -4.19. The minimum Gasteiger partial charge on any atom is -0.478 e. The molecule has 0 heterocycles. The van der Waals surface area contributed by atoms with Gasteiger partial charge in [-0.2, -0.15) is 13.1 Å². The molecule has 0 aromatic heterocycles. The van der Waals surface area contributed by atoms with Crippen LogP contribution in [0.3, 0.4) is 0 Å². The molecular weight excluding hydrogens is 358 g/mol. The average Bonchev–Trinajstić information content (AvgIpc) is 2.56. The van der Waals surface area contributed by atoms with Gasteiger partial charge in [-0.05, 0) is 6.42 Å². The Kier molecular flexibility index (Phi) is 15.0. The first-order chi connectivity index (χ1) is 12.4. The van der Waals surface area contributed by atoms with Gasteiger partial charge in [-0.3, -0.25) is 0 Å². The second-order valence-corrected chi connectivity index (χ2v) is 7.68. The van der Waals surface area contributed by atoms with E-state index in [1.807, 2.05) is 0 Å². The zero-order valence-electron chi connectivity index (χ0n) is 15.7. The number of carboxylic acids is 1. The SMILES string of the molecule is CCCCCCCCCCCCCCNS(=O)(=O)OC(=O)/C=C\C(=O)O. The van der Waals surface area contributed by atoms with Crippen LogP contribution < -0.4 is 4.72 Å². The van der Waals surface area contributed by atoms with Crippen LogP contribution in [-0.2, 0) is 24.1 Å². The monoisotopic (exact) mass is 391 g/mol. The number of rotatable bonds is 17. The lowest BCUT2D eigenvalue weighted by atomic mass is 10.1. The summed E-state index contributed by atoms with van der Waals surface area (Å²) in [7, 11) is -4.19. The van der Waals surface area contributed by atoms with E-state index >= 15 is 0 Å². The average molecular weight is 392 g/mol. The predicted molar refractivity (Wildman–Crippen MR) is 101 cm³/mol. The van der Waals surface area contributed by atoms with E-state index in [1.165, 1.54) is 51.4 Å². The maximum atomic E-state index is 11.5. The number of hydrogen-bond acceptors (Lipinski definition) is 5. The van der Waals surface area contributed by atoms with E-state index in [4.69, 9.17) is 5.11 Å². The lowest BCUT2D eigenvalue weighted by Crippen LogP contribution is -2.28. The van der Waals surface area contributed by atoms with Gasteiger partial charge in [0, 0.05) is 18.7 Å². The fourth-order valence-corrected chi connectivity index (χ4v) is 3.19. The fourth-order valence-electron chi connectivity index (χ4n) is 2.47. The van der Waals surface area contributed by atoms with E-state index in [-0.39, 0.29) is 6.54 Å². The summed E-state index contributed by atoms with van der Waals surface area (Å²) in [5.74, 6) is -2.60. The first kappa shape index (κ1) is 24.6. The van der Waals surface area contributed by atoms with Crippen molar-refractivity contribution in [2.45, 2.75) is 84.0 Å². The summed E-state index contributed by atoms with van der Waals surface area (Å²) in [4.78, 5) is 21.3. The van der Waals surface area contributed by atoms with Crippen LogP contribution in [0.2, 0.25) is 0 Å². The van der Waals surface area contributed by atoms with E-state index < -0.39 is 22.2 Å². The number of hydrogen-bond donors (Lipinski definition) is 2. The molecule has 7 nitrogen and oxygen atoms in total. The molecule has 0 aliphatic heterocycles. The number of aliphatic carboxylic acids is 1. The van der Waals surface area contributed by atoms with Gasteiger partial charge in [0.15, 0.2) is 0 Å². The van der Waals surface area contributed by atoms with Crippen LogP contribution in [0.4, 0.5) is 0 Å². The van der Waals surface area contributed by atoms with Crippen LogP contribution in [0.15, 0.2) is 12.2 Å². The largest absolute Gasteiger partial charge is 0.478 e. The Morgan fingerprint density at radius 2 is 1.31 bits per heavy atom. The summed E-state index contributed by atoms with van der Waals surface area (Å²) in [6, 6.07) is 0. The van der Waals surface area contributed by atoms with Crippen molar-refractivity contribution in [1.29, 1.82) is 0 Å². The van der Waals surface area contributed by atoms with Crippen molar-refractivity contribution < 1.29 is 27.3 Å². The summed E-state index contributed by atoms with van der Waals surface area (Å²) < 4.78 is 29.2. The molecule has 0 amide bonds. The van der Waals surface area contributed by atoms with E-state index in [0.717, 1.165) is 19.3 Å². The Bertz CT molecular complexity index is 516. The molecule has 0 atom stereocenters. The highest BCUT2D eigenvalue weighted by Gasteiger charge is 2.14. The molecule has 0 fully saturated rings. The van der Waals surface area contributed by atoms with Crippen molar-refractivity contribution in [2.24, 2.45) is 0 Å². The highest BCUT2D eigenvalue weighted by atomic mass is 32.2. The van der Waals surface area contributed by atoms with Gasteiger partial charge < -0.3 is 9.29 Å². The van der Waals surface area contributed by atoms with E-state index in [9.17, 15) is 18.0 Å². The molecule has 8 heteroatoms. The lowest BCUT2D eigenvalue weighted by molar-refractivity contribution is -0.133. The molecular formula is C18H33NO6S. The predicted octanol–water partition coefficient (Wildman–Crippen LogP) is 3.71. The Morgan fingerprint density at radius 1 is 0.846 bits per heavy atom. The highest BCUT2D eigenvalue weighted by molar-refractivity contribution is 7.85. The molecule has 0 unspecified atom stereocenters. The third-order valence-corrected chi connectivity index (χ3v) is 4.80. The van der Waals surface area contributed by atoms with Crippen molar-refractivity contribution >= 4 is 22.2 Å². The molecule has 0 spiro atoms. The summed E-state index contributed by atoms with van der Waals surface area (Å²) in [5.41, 5.74) is 0. The maximum absolute atomic E-state index is 11.5. The molecule has 0 rings (SSSR count). The van der Waals surface area contributed by atoms with Crippen molar-refractivity contribution in [1.82, 2.24) is 4.72 Å². The number of nitrogens with one attached hydrogen (secondary N) is 1. The maximum Gasteiger partial charge on any atom is 0.385 e. The van der Waals surface area contributed by atoms with Gasteiger partial charge in [-0.1, -0.05) is 77.6 Å². The van der Waals surface area contributed by atoms with Gasteiger partial charge in [0.2, 0.25) is 0 Å². The second-order valence-electron chi connectivity index (χ2n) is 6.31. The standard InChI is InChI=1S/C18H33NO6S/c1-2-3-4-5-6-7-8-9-10-11-12-13-16-19-26(23,24)25-18(22)15-14-17(20)21/h14-15,19H,2-13,16H2,1H3,(H,20,21)/b15-14-. The smallest absolute Gasteiger partial charge is 0.385 e. The quantitative estimate of drug-likeness (QED) is 0.289. The van der Waals surface area contributed by atoms with E-state index in [1.54, 1.807) is 0 Å². The molecule has 0 aromatic carbocycles. The van der Waals surface area contributed by atoms with Gasteiger partial charge in [-0.25, -0.2) is 9.59 Å². The molecule has 0 saturated carbocycles. The van der Waals surface area contributed by atoms with E-state index in [2.05, 4.69) is 15.8 Å².